The van der Waals surface area contributed by atoms with Crippen LogP contribution in [-0.4, -0.2) is 5.91 Å². The molecule has 0 aliphatic heterocycles. The summed E-state index contributed by atoms with van der Waals surface area (Å²) < 4.78 is 39.8. The van der Waals surface area contributed by atoms with E-state index in [1.807, 2.05) is 0 Å². The molecule has 0 aliphatic rings. The maximum atomic E-state index is 13.6. The highest BCUT2D eigenvalue weighted by molar-refractivity contribution is 9.10. The molecule has 0 saturated heterocycles. The molecule has 1 atom stereocenters. The number of nitrogens with one attached hydrogen (secondary N) is 1. The van der Waals surface area contributed by atoms with Gasteiger partial charge >= 0.3 is 0 Å². The van der Waals surface area contributed by atoms with Gasteiger partial charge in [-0.2, -0.15) is 0 Å². The van der Waals surface area contributed by atoms with Crippen molar-refractivity contribution in [1.82, 2.24) is 5.32 Å². The summed E-state index contributed by atoms with van der Waals surface area (Å²) in [5.74, 6) is -2.38. The first kappa shape index (κ1) is 15.6. The molecule has 2 aromatic carbocycles. The molecule has 110 valence electrons. The summed E-state index contributed by atoms with van der Waals surface area (Å²) in [5.41, 5.74) is 0.406. The van der Waals surface area contributed by atoms with Crippen molar-refractivity contribution in [1.29, 1.82) is 0 Å². The highest BCUT2D eigenvalue weighted by atomic mass is 79.9. The molecule has 0 spiro atoms. The topological polar surface area (TPSA) is 29.1 Å². The first-order chi connectivity index (χ1) is 9.88. The van der Waals surface area contributed by atoms with Crippen molar-refractivity contribution in [2.75, 3.05) is 0 Å². The quantitative estimate of drug-likeness (QED) is 0.868. The predicted octanol–water partition coefficient (Wildman–Crippen LogP) is 4.36. The van der Waals surface area contributed by atoms with E-state index >= 15 is 0 Å². The molecule has 0 fully saturated rings. The Morgan fingerprint density at radius 2 is 1.81 bits per heavy atom. The fourth-order valence-corrected chi connectivity index (χ4v) is 2.23. The van der Waals surface area contributed by atoms with Gasteiger partial charge in [0.2, 0.25) is 0 Å². The maximum absolute atomic E-state index is 13.6. The average molecular weight is 358 g/mol. The van der Waals surface area contributed by atoms with Crippen LogP contribution >= 0.6 is 15.9 Å². The van der Waals surface area contributed by atoms with Crippen molar-refractivity contribution in [2.45, 2.75) is 13.0 Å². The molecule has 6 heteroatoms. The van der Waals surface area contributed by atoms with Gasteiger partial charge in [0.1, 0.15) is 17.5 Å². The number of carbonyl (C=O) groups excluding carboxylic acids is 1. The van der Waals surface area contributed by atoms with Crippen LogP contribution in [0.4, 0.5) is 13.2 Å². The molecular weight excluding hydrogens is 347 g/mol. The maximum Gasteiger partial charge on any atom is 0.251 e. The Kier molecular flexibility index (Phi) is 4.67. The third kappa shape index (κ3) is 3.64. The van der Waals surface area contributed by atoms with Crippen LogP contribution in [0.3, 0.4) is 0 Å². The average Bonchev–Trinajstić information content (AvgIpc) is 2.41. The van der Waals surface area contributed by atoms with Crippen LogP contribution in [0.1, 0.15) is 28.9 Å². The van der Waals surface area contributed by atoms with Crippen LogP contribution in [-0.2, 0) is 0 Å². The number of benzene rings is 2. The van der Waals surface area contributed by atoms with E-state index in [2.05, 4.69) is 21.2 Å². The summed E-state index contributed by atoms with van der Waals surface area (Å²) in [4.78, 5) is 12.0. The van der Waals surface area contributed by atoms with Gasteiger partial charge in [-0.25, -0.2) is 13.2 Å². The Morgan fingerprint density at radius 3 is 2.43 bits per heavy atom. The Labute approximate surface area is 128 Å². The molecule has 2 rings (SSSR count). The second-order valence-electron chi connectivity index (χ2n) is 4.49. The molecule has 2 aromatic rings. The smallest absolute Gasteiger partial charge is 0.251 e. The van der Waals surface area contributed by atoms with Crippen molar-refractivity contribution >= 4 is 21.8 Å². The van der Waals surface area contributed by atoms with Gasteiger partial charge < -0.3 is 5.32 Å². The normalized spacial score (nSPS) is 12.0. The number of hydrogen-bond donors (Lipinski definition) is 1. The highest BCUT2D eigenvalue weighted by Gasteiger charge is 2.16. The lowest BCUT2D eigenvalue weighted by Crippen LogP contribution is -2.27. The zero-order valence-corrected chi connectivity index (χ0v) is 12.5. The van der Waals surface area contributed by atoms with Crippen molar-refractivity contribution < 1.29 is 18.0 Å². The first-order valence-electron chi connectivity index (χ1n) is 6.09. The van der Waals surface area contributed by atoms with E-state index in [-0.39, 0.29) is 15.6 Å². The third-order valence-corrected chi connectivity index (χ3v) is 3.57. The lowest BCUT2D eigenvalue weighted by molar-refractivity contribution is 0.0939. The number of halogens is 4. The molecule has 1 unspecified atom stereocenters. The van der Waals surface area contributed by atoms with Crippen LogP contribution in [0.25, 0.3) is 0 Å². The van der Waals surface area contributed by atoms with Crippen LogP contribution < -0.4 is 5.32 Å². The molecule has 0 heterocycles. The molecule has 1 amide bonds. The first-order valence-corrected chi connectivity index (χ1v) is 6.88. The molecular formula is C15H11BrF3NO. The standard InChI is InChI=1S/C15H11BrF3NO/c1-8(11-4-3-10(17)7-14(11)19)20-15(21)9-2-5-13(18)12(16)6-9/h2-8H,1H3,(H,20,21). The largest absolute Gasteiger partial charge is 0.345 e. The van der Waals surface area contributed by atoms with Crippen molar-refractivity contribution in [3.05, 3.63) is 69.4 Å². The molecule has 0 bridgehead atoms. The minimum absolute atomic E-state index is 0.163. The van der Waals surface area contributed by atoms with E-state index in [9.17, 15) is 18.0 Å². The van der Waals surface area contributed by atoms with Crippen molar-refractivity contribution in [3.63, 3.8) is 0 Å². The Bertz CT molecular complexity index is 691. The summed E-state index contributed by atoms with van der Waals surface area (Å²) in [6, 6.07) is 6.31. The second-order valence-corrected chi connectivity index (χ2v) is 5.34. The van der Waals surface area contributed by atoms with Gasteiger partial charge in [0, 0.05) is 17.2 Å². The third-order valence-electron chi connectivity index (χ3n) is 2.96. The van der Waals surface area contributed by atoms with E-state index in [0.29, 0.717) is 0 Å². The molecule has 0 aromatic heterocycles. The van der Waals surface area contributed by atoms with Crippen molar-refractivity contribution in [3.8, 4) is 0 Å². The van der Waals surface area contributed by atoms with Gasteiger partial charge in [-0.1, -0.05) is 6.07 Å². The summed E-state index contributed by atoms with van der Waals surface area (Å²) in [7, 11) is 0. The summed E-state index contributed by atoms with van der Waals surface area (Å²) in [5, 5.41) is 2.57. The molecule has 1 N–H and O–H groups in total. The lowest BCUT2D eigenvalue weighted by Gasteiger charge is -2.15. The van der Waals surface area contributed by atoms with Gasteiger partial charge in [-0.05, 0) is 47.1 Å². The zero-order valence-electron chi connectivity index (χ0n) is 11.0. The van der Waals surface area contributed by atoms with Gasteiger partial charge in [-0.15, -0.1) is 0 Å². The van der Waals surface area contributed by atoms with Gasteiger partial charge in [0.25, 0.3) is 5.91 Å². The van der Waals surface area contributed by atoms with Crippen LogP contribution in [0.15, 0.2) is 40.9 Å². The van der Waals surface area contributed by atoms with E-state index in [1.54, 1.807) is 6.92 Å². The second kappa shape index (κ2) is 6.30. The van der Waals surface area contributed by atoms with Gasteiger partial charge in [0.05, 0.1) is 10.5 Å². The molecule has 2 nitrogen and oxygen atoms in total. The van der Waals surface area contributed by atoms with E-state index in [0.717, 1.165) is 18.2 Å². The Morgan fingerprint density at radius 1 is 1.10 bits per heavy atom. The lowest BCUT2D eigenvalue weighted by atomic mass is 10.1. The van der Waals surface area contributed by atoms with Gasteiger partial charge in [0.15, 0.2) is 0 Å². The van der Waals surface area contributed by atoms with E-state index in [4.69, 9.17) is 0 Å². The van der Waals surface area contributed by atoms with Gasteiger partial charge in [-0.3, -0.25) is 4.79 Å². The van der Waals surface area contributed by atoms with E-state index in [1.165, 1.54) is 18.2 Å². The zero-order chi connectivity index (χ0) is 15.6. The SMILES string of the molecule is CC(NC(=O)c1ccc(F)c(Br)c1)c1ccc(F)cc1F. The van der Waals surface area contributed by atoms with E-state index < -0.39 is 29.4 Å². The molecule has 0 radical (unpaired) electrons. The van der Waals surface area contributed by atoms with Crippen LogP contribution in [0.5, 0.6) is 0 Å². The molecule has 0 saturated carbocycles. The highest BCUT2D eigenvalue weighted by Crippen LogP contribution is 2.20. The van der Waals surface area contributed by atoms with Crippen molar-refractivity contribution in [2.24, 2.45) is 0 Å². The van der Waals surface area contributed by atoms with Crippen LogP contribution in [0, 0.1) is 17.5 Å². The summed E-state index contributed by atoms with van der Waals surface area (Å²) >= 11 is 2.99. The fourth-order valence-electron chi connectivity index (χ4n) is 1.85. The molecule has 0 aliphatic carbocycles. The predicted molar refractivity (Wildman–Crippen MR) is 76.3 cm³/mol. The summed E-state index contributed by atoms with van der Waals surface area (Å²) in [6.45, 7) is 1.58. The number of carbonyl (C=O) groups is 1. The minimum Gasteiger partial charge on any atom is -0.345 e. The molecule has 21 heavy (non-hydrogen) atoms. The number of hydrogen-bond acceptors (Lipinski definition) is 1. The fraction of sp³-hybridized carbons (Fsp3) is 0.133. The monoisotopic (exact) mass is 357 g/mol. The number of rotatable bonds is 3. The summed E-state index contributed by atoms with van der Waals surface area (Å²) in [6.07, 6.45) is 0. The minimum atomic E-state index is -0.733. The Hall–Kier alpha value is -1.82. The Balaban J connectivity index is 2.16. The number of amides is 1. The van der Waals surface area contributed by atoms with Crippen LogP contribution in [0.2, 0.25) is 0 Å².